The molecule has 0 amide bonds. The molecule has 0 heterocycles. The van der Waals surface area contributed by atoms with Crippen LogP contribution >= 0.6 is 0 Å². The van der Waals surface area contributed by atoms with Gasteiger partial charge in [0.15, 0.2) is 0 Å². The van der Waals surface area contributed by atoms with Gasteiger partial charge in [-0.15, -0.1) is 0 Å². The summed E-state index contributed by atoms with van der Waals surface area (Å²) in [6.07, 6.45) is 5.78. The first-order valence-corrected chi connectivity index (χ1v) is 11.0. The lowest BCUT2D eigenvalue weighted by molar-refractivity contribution is 0.178. The number of para-hydroxylation sites is 1. The largest absolute Gasteiger partial charge is 0.493 e. The Balaban J connectivity index is 1.50. The predicted molar refractivity (Wildman–Crippen MR) is 127 cm³/mol. The molecular weight excluding hydrogens is 384 g/mol. The smallest absolute Gasteiger partial charge is 0.122 e. The van der Waals surface area contributed by atoms with Crippen molar-refractivity contribution in [2.45, 2.75) is 44.8 Å². The second-order valence-corrected chi connectivity index (χ2v) is 7.80. The van der Waals surface area contributed by atoms with E-state index in [0.717, 1.165) is 35.3 Å². The van der Waals surface area contributed by atoms with Gasteiger partial charge in [-0.3, -0.25) is 0 Å². The maximum Gasteiger partial charge on any atom is 0.122 e. The zero-order valence-corrected chi connectivity index (χ0v) is 18.2. The summed E-state index contributed by atoms with van der Waals surface area (Å²) in [4.78, 5) is 0. The van der Waals surface area contributed by atoms with E-state index < -0.39 is 12.2 Å². The molecule has 3 heteroatoms. The van der Waals surface area contributed by atoms with Gasteiger partial charge in [-0.05, 0) is 34.7 Å². The Morgan fingerprint density at radius 3 is 2.48 bits per heavy atom. The van der Waals surface area contributed by atoms with Crippen LogP contribution in [0.4, 0.5) is 0 Å². The molecule has 31 heavy (non-hydrogen) atoms. The Morgan fingerprint density at radius 2 is 1.68 bits per heavy atom. The van der Waals surface area contributed by atoms with Crippen molar-refractivity contribution in [1.82, 2.24) is 0 Å². The van der Waals surface area contributed by atoms with Crippen LogP contribution in [0, 0.1) is 0 Å². The van der Waals surface area contributed by atoms with Gasteiger partial charge in [-0.25, -0.2) is 0 Å². The van der Waals surface area contributed by atoms with E-state index in [0.29, 0.717) is 19.4 Å². The molecular formula is C28H32O3. The summed E-state index contributed by atoms with van der Waals surface area (Å²) >= 11 is 0. The number of aliphatic hydroxyl groups is 2. The van der Waals surface area contributed by atoms with Gasteiger partial charge >= 0.3 is 0 Å². The topological polar surface area (TPSA) is 49.7 Å². The van der Waals surface area contributed by atoms with Crippen LogP contribution < -0.4 is 4.74 Å². The van der Waals surface area contributed by atoms with Gasteiger partial charge in [0.2, 0.25) is 0 Å². The number of hydrogen-bond acceptors (Lipinski definition) is 3. The molecule has 0 aliphatic heterocycles. The Kier molecular flexibility index (Phi) is 8.89. The van der Waals surface area contributed by atoms with Gasteiger partial charge in [-0.1, -0.05) is 98.3 Å². The van der Waals surface area contributed by atoms with Crippen LogP contribution in [0.3, 0.4) is 0 Å². The lowest BCUT2D eigenvalue weighted by Crippen LogP contribution is -2.09. The predicted octanol–water partition coefficient (Wildman–Crippen LogP) is 5.76. The lowest BCUT2D eigenvalue weighted by Gasteiger charge is -2.12. The highest BCUT2D eigenvalue weighted by Crippen LogP contribution is 2.21. The van der Waals surface area contributed by atoms with Crippen LogP contribution in [0.5, 0.6) is 5.75 Å². The van der Waals surface area contributed by atoms with E-state index >= 15 is 0 Å². The SMILES string of the molecule is CCCc1ccccc1OCC[C@@H](O)/C=C/c1cccc(C[C@@H](O)c2ccccc2)c1. The minimum atomic E-state index is -0.572. The second kappa shape index (κ2) is 12.1. The molecule has 3 aromatic rings. The average Bonchev–Trinajstić information content (AvgIpc) is 2.80. The molecule has 3 rings (SSSR count). The molecule has 162 valence electrons. The molecule has 3 aromatic carbocycles. The number of hydrogen-bond donors (Lipinski definition) is 2. The van der Waals surface area contributed by atoms with Crippen molar-refractivity contribution < 1.29 is 14.9 Å². The minimum Gasteiger partial charge on any atom is -0.493 e. The molecule has 0 spiro atoms. The molecule has 0 saturated heterocycles. The van der Waals surface area contributed by atoms with Gasteiger partial charge in [-0.2, -0.15) is 0 Å². The van der Waals surface area contributed by atoms with Crippen molar-refractivity contribution in [1.29, 1.82) is 0 Å². The number of benzene rings is 3. The van der Waals surface area contributed by atoms with E-state index in [1.165, 1.54) is 5.56 Å². The van der Waals surface area contributed by atoms with Crippen molar-refractivity contribution in [3.8, 4) is 5.75 Å². The lowest BCUT2D eigenvalue weighted by atomic mass is 10.00. The van der Waals surface area contributed by atoms with Gasteiger partial charge in [0.1, 0.15) is 5.75 Å². The number of ether oxygens (including phenoxy) is 1. The van der Waals surface area contributed by atoms with E-state index in [1.807, 2.05) is 78.9 Å². The molecule has 0 aliphatic carbocycles. The Bertz CT molecular complexity index is 949. The molecule has 0 aromatic heterocycles. The van der Waals surface area contributed by atoms with Crippen LogP contribution in [-0.4, -0.2) is 22.9 Å². The van der Waals surface area contributed by atoms with Gasteiger partial charge in [0.25, 0.3) is 0 Å². The standard InChI is InChI=1S/C28H32O3/c1-2-9-25-14-6-7-15-28(25)31-19-18-26(29)17-16-22-10-8-11-23(20-22)21-27(30)24-12-4-3-5-13-24/h3-8,10-17,20,26-27,29-30H,2,9,18-19,21H2,1H3/b17-16+/t26-,27+/m0/s1. The van der Waals surface area contributed by atoms with E-state index in [-0.39, 0.29) is 0 Å². The van der Waals surface area contributed by atoms with Crippen molar-refractivity contribution in [2.24, 2.45) is 0 Å². The summed E-state index contributed by atoms with van der Waals surface area (Å²) in [7, 11) is 0. The van der Waals surface area contributed by atoms with Gasteiger partial charge in [0.05, 0.1) is 18.8 Å². The van der Waals surface area contributed by atoms with Crippen LogP contribution in [-0.2, 0) is 12.8 Å². The van der Waals surface area contributed by atoms with E-state index in [2.05, 4.69) is 13.0 Å². The first kappa shape index (κ1) is 22.8. The molecule has 0 bridgehead atoms. The fourth-order valence-electron chi connectivity index (χ4n) is 3.57. The maximum absolute atomic E-state index is 10.5. The number of aryl methyl sites for hydroxylation is 1. The first-order valence-electron chi connectivity index (χ1n) is 11.0. The van der Waals surface area contributed by atoms with Gasteiger partial charge < -0.3 is 14.9 Å². The van der Waals surface area contributed by atoms with Crippen molar-refractivity contribution in [3.63, 3.8) is 0 Å². The summed E-state index contributed by atoms with van der Waals surface area (Å²) in [6.45, 7) is 2.62. The Hall–Kier alpha value is -2.88. The molecule has 2 atom stereocenters. The Labute approximate surface area is 185 Å². The summed E-state index contributed by atoms with van der Waals surface area (Å²) in [5.41, 5.74) is 4.19. The number of rotatable bonds is 11. The molecule has 2 N–H and O–H groups in total. The van der Waals surface area contributed by atoms with Crippen molar-refractivity contribution in [2.75, 3.05) is 6.61 Å². The summed E-state index contributed by atoms with van der Waals surface area (Å²) in [5, 5.41) is 20.8. The molecule has 0 fully saturated rings. The molecule has 0 aliphatic rings. The quantitative estimate of drug-likeness (QED) is 0.418. The average molecular weight is 417 g/mol. The first-order chi connectivity index (χ1) is 15.2. The van der Waals surface area contributed by atoms with Crippen LogP contribution in [0.15, 0.2) is 84.9 Å². The fraction of sp³-hybridized carbons (Fsp3) is 0.286. The third kappa shape index (κ3) is 7.39. The zero-order chi connectivity index (χ0) is 21.9. The van der Waals surface area contributed by atoms with E-state index in [9.17, 15) is 10.2 Å². The molecule has 0 saturated carbocycles. The third-order valence-electron chi connectivity index (χ3n) is 5.24. The minimum absolute atomic E-state index is 0.468. The highest BCUT2D eigenvalue weighted by atomic mass is 16.5. The zero-order valence-electron chi connectivity index (χ0n) is 18.2. The highest BCUT2D eigenvalue weighted by Gasteiger charge is 2.08. The third-order valence-corrected chi connectivity index (χ3v) is 5.24. The van der Waals surface area contributed by atoms with Crippen LogP contribution in [0.2, 0.25) is 0 Å². The molecule has 0 radical (unpaired) electrons. The van der Waals surface area contributed by atoms with Crippen LogP contribution in [0.1, 0.15) is 48.1 Å². The highest BCUT2D eigenvalue weighted by molar-refractivity contribution is 5.51. The summed E-state index contributed by atoms with van der Waals surface area (Å²) in [5.74, 6) is 0.908. The van der Waals surface area contributed by atoms with Crippen LogP contribution in [0.25, 0.3) is 6.08 Å². The van der Waals surface area contributed by atoms with Crippen molar-refractivity contribution in [3.05, 3.63) is 107 Å². The van der Waals surface area contributed by atoms with Gasteiger partial charge in [0, 0.05) is 12.8 Å². The second-order valence-electron chi connectivity index (χ2n) is 7.80. The summed E-state index contributed by atoms with van der Waals surface area (Å²) in [6, 6.07) is 25.8. The van der Waals surface area contributed by atoms with E-state index in [4.69, 9.17) is 4.74 Å². The molecule has 0 unspecified atom stereocenters. The van der Waals surface area contributed by atoms with Crippen molar-refractivity contribution >= 4 is 6.08 Å². The molecule has 3 nitrogen and oxygen atoms in total. The fourth-order valence-corrected chi connectivity index (χ4v) is 3.57. The maximum atomic E-state index is 10.5. The summed E-state index contributed by atoms with van der Waals surface area (Å²) < 4.78 is 5.90. The number of aliphatic hydroxyl groups excluding tert-OH is 2. The normalized spacial score (nSPS) is 13.3. The Morgan fingerprint density at radius 1 is 0.903 bits per heavy atom. The van der Waals surface area contributed by atoms with E-state index in [1.54, 1.807) is 6.08 Å². The monoisotopic (exact) mass is 416 g/mol.